The van der Waals surface area contributed by atoms with Gasteiger partial charge in [0.05, 0.1) is 12.2 Å². The van der Waals surface area contributed by atoms with E-state index in [0.29, 0.717) is 34.3 Å². The van der Waals surface area contributed by atoms with Crippen molar-refractivity contribution in [1.29, 1.82) is 0 Å². The van der Waals surface area contributed by atoms with Crippen LogP contribution in [0.5, 0.6) is 11.5 Å². The summed E-state index contributed by atoms with van der Waals surface area (Å²) in [5.41, 5.74) is 3.61. The Balaban J connectivity index is 1.53. The second-order valence-corrected chi connectivity index (χ2v) is 8.17. The van der Waals surface area contributed by atoms with Crippen LogP contribution < -0.4 is 4.74 Å². The van der Waals surface area contributed by atoms with Gasteiger partial charge in [-0.05, 0) is 80.1 Å². The second-order valence-electron chi connectivity index (χ2n) is 7.76. The van der Waals surface area contributed by atoms with Gasteiger partial charge in [0, 0.05) is 34.2 Å². The van der Waals surface area contributed by atoms with Crippen LogP contribution in [0, 0.1) is 6.92 Å². The molecule has 4 rings (SSSR count). The van der Waals surface area contributed by atoms with E-state index in [0.717, 1.165) is 22.2 Å². The van der Waals surface area contributed by atoms with Gasteiger partial charge in [0.15, 0.2) is 5.78 Å². The highest BCUT2D eigenvalue weighted by Crippen LogP contribution is 2.31. The zero-order valence-electron chi connectivity index (χ0n) is 19.2. The molecule has 0 spiro atoms. The zero-order valence-corrected chi connectivity index (χ0v) is 19.9. The first-order valence-corrected chi connectivity index (χ1v) is 11.3. The second kappa shape index (κ2) is 9.98. The van der Waals surface area contributed by atoms with Gasteiger partial charge in [-0.15, -0.1) is 0 Å². The Morgan fingerprint density at radius 1 is 1.00 bits per heavy atom. The van der Waals surface area contributed by atoms with Crippen molar-refractivity contribution >= 4 is 40.3 Å². The topological polar surface area (TPSA) is 57.5 Å². The van der Waals surface area contributed by atoms with Crippen LogP contribution in [-0.2, 0) is 11.8 Å². The summed E-state index contributed by atoms with van der Waals surface area (Å²) in [7, 11) is 1.91. The fraction of sp³-hybridized carbons (Fsp3) is 0.143. The van der Waals surface area contributed by atoms with Gasteiger partial charge in [0.2, 0.25) is 0 Å². The van der Waals surface area contributed by atoms with Gasteiger partial charge in [-0.25, -0.2) is 4.79 Å². The lowest BCUT2D eigenvalue weighted by Crippen LogP contribution is -2.06. The van der Waals surface area contributed by atoms with Crippen molar-refractivity contribution in [3.05, 3.63) is 100 Å². The number of carbonyl (C=O) groups is 2. The number of ketones is 1. The predicted molar refractivity (Wildman–Crippen MR) is 135 cm³/mol. The Kier molecular flexibility index (Phi) is 6.85. The molecule has 0 amide bonds. The van der Waals surface area contributed by atoms with Crippen LogP contribution in [0.2, 0.25) is 5.02 Å². The maximum absolute atomic E-state index is 12.5. The predicted octanol–water partition coefficient (Wildman–Crippen LogP) is 7.01. The van der Waals surface area contributed by atoms with E-state index in [4.69, 9.17) is 21.1 Å². The van der Waals surface area contributed by atoms with Crippen molar-refractivity contribution in [3.63, 3.8) is 0 Å². The number of rotatable bonds is 7. The molecule has 1 heterocycles. The third-order valence-corrected chi connectivity index (χ3v) is 5.98. The SMILES string of the molecule is CCOC(=O)c1c(C)n(C)c2ccc(Oc3ccc(C(=O)C=Cc4ccccc4Cl)cc3)cc12. The molecule has 0 aliphatic rings. The summed E-state index contributed by atoms with van der Waals surface area (Å²) in [6.45, 7) is 3.99. The van der Waals surface area contributed by atoms with Crippen molar-refractivity contribution in [2.75, 3.05) is 6.61 Å². The minimum absolute atomic E-state index is 0.133. The molecule has 0 atom stereocenters. The van der Waals surface area contributed by atoms with Gasteiger partial charge in [0.1, 0.15) is 11.5 Å². The van der Waals surface area contributed by atoms with Crippen molar-refractivity contribution < 1.29 is 19.1 Å². The molecule has 0 saturated carbocycles. The number of aryl methyl sites for hydroxylation is 1. The molecule has 0 saturated heterocycles. The number of nitrogens with zero attached hydrogens (tertiary/aromatic N) is 1. The van der Waals surface area contributed by atoms with E-state index in [2.05, 4.69) is 0 Å². The van der Waals surface area contributed by atoms with Crippen LogP contribution in [0.25, 0.3) is 17.0 Å². The minimum Gasteiger partial charge on any atom is -0.462 e. The number of aromatic nitrogens is 1. The first-order chi connectivity index (χ1) is 16.4. The van der Waals surface area contributed by atoms with E-state index in [-0.39, 0.29) is 11.8 Å². The first kappa shape index (κ1) is 23.3. The Morgan fingerprint density at radius 2 is 1.71 bits per heavy atom. The van der Waals surface area contributed by atoms with E-state index in [1.54, 1.807) is 43.3 Å². The standard InChI is InChI=1S/C28H24ClNO4/c1-4-33-28(32)27-18(2)30(3)25-15-14-22(17-23(25)27)34-21-12-9-20(10-13-21)26(31)16-11-19-7-5-6-8-24(19)29/h5-17H,4H2,1-3H3. The molecule has 34 heavy (non-hydrogen) atoms. The van der Waals surface area contributed by atoms with E-state index >= 15 is 0 Å². The van der Waals surface area contributed by atoms with Crippen LogP contribution in [0.15, 0.2) is 72.8 Å². The number of fused-ring (bicyclic) bond motifs is 1. The summed E-state index contributed by atoms with van der Waals surface area (Å²) in [4.78, 5) is 25.0. The quantitative estimate of drug-likeness (QED) is 0.164. The lowest BCUT2D eigenvalue weighted by Gasteiger charge is -2.07. The molecule has 0 aliphatic carbocycles. The number of hydrogen-bond donors (Lipinski definition) is 0. The summed E-state index contributed by atoms with van der Waals surface area (Å²) in [5, 5.41) is 1.36. The smallest absolute Gasteiger partial charge is 0.340 e. The number of ether oxygens (including phenoxy) is 2. The van der Waals surface area contributed by atoms with Crippen LogP contribution in [0.4, 0.5) is 0 Å². The molecule has 0 bridgehead atoms. The fourth-order valence-corrected chi connectivity index (χ4v) is 3.97. The highest BCUT2D eigenvalue weighted by molar-refractivity contribution is 6.32. The van der Waals surface area contributed by atoms with Gasteiger partial charge >= 0.3 is 5.97 Å². The molecule has 172 valence electrons. The summed E-state index contributed by atoms with van der Waals surface area (Å²) in [6.07, 6.45) is 3.20. The van der Waals surface area contributed by atoms with Crippen LogP contribution >= 0.6 is 11.6 Å². The Hall–Kier alpha value is -3.83. The van der Waals surface area contributed by atoms with Crippen LogP contribution in [0.1, 0.15) is 38.9 Å². The molecule has 3 aromatic carbocycles. The number of hydrogen-bond acceptors (Lipinski definition) is 4. The monoisotopic (exact) mass is 473 g/mol. The van der Waals surface area contributed by atoms with Gasteiger partial charge < -0.3 is 14.0 Å². The highest BCUT2D eigenvalue weighted by atomic mass is 35.5. The number of benzene rings is 3. The number of halogens is 1. The average molecular weight is 474 g/mol. The molecule has 0 radical (unpaired) electrons. The van der Waals surface area contributed by atoms with E-state index in [9.17, 15) is 9.59 Å². The molecule has 5 nitrogen and oxygen atoms in total. The molecular formula is C28H24ClNO4. The number of esters is 1. The number of carbonyl (C=O) groups excluding carboxylic acids is 2. The van der Waals surface area contributed by atoms with Gasteiger partial charge in [-0.1, -0.05) is 29.8 Å². The van der Waals surface area contributed by atoms with Gasteiger partial charge in [-0.2, -0.15) is 0 Å². The highest BCUT2D eigenvalue weighted by Gasteiger charge is 2.20. The third-order valence-electron chi connectivity index (χ3n) is 5.64. The zero-order chi connectivity index (χ0) is 24.2. The van der Waals surface area contributed by atoms with Crippen molar-refractivity contribution in [2.24, 2.45) is 7.05 Å². The normalized spacial score (nSPS) is 11.2. The molecule has 4 aromatic rings. The maximum atomic E-state index is 12.5. The van der Waals surface area contributed by atoms with E-state index in [1.807, 2.05) is 54.9 Å². The lowest BCUT2D eigenvalue weighted by molar-refractivity contribution is 0.0527. The van der Waals surface area contributed by atoms with Crippen LogP contribution in [0.3, 0.4) is 0 Å². The van der Waals surface area contributed by atoms with Gasteiger partial charge in [0.25, 0.3) is 0 Å². The maximum Gasteiger partial charge on any atom is 0.340 e. The number of allylic oxidation sites excluding steroid dienone is 1. The van der Waals surface area contributed by atoms with Crippen LogP contribution in [-0.4, -0.2) is 22.9 Å². The molecule has 1 aromatic heterocycles. The summed E-state index contributed by atoms with van der Waals surface area (Å²) in [6, 6.07) is 19.8. The van der Waals surface area contributed by atoms with Crippen molar-refractivity contribution in [3.8, 4) is 11.5 Å². The summed E-state index contributed by atoms with van der Waals surface area (Å²) < 4.78 is 13.2. The average Bonchev–Trinajstić information content (AvgIpc) is 3.08. The Bertz CT molecular complexity index is 1400. The molecule has 0 aliphatic heterocycles. The largest absolute Gasteiger partial charge is 0.462 e. The summed E-state index contributed by atoms with van der Waals surface area (Å²) >= 11 is 6.13. The first-order valence-electron chi connectivity index (χ1n) is 10.9. The Morgan fingerprint density at radius 3 is 2.41 bits per heavy atom. The molecular weight excluding hydrogens is 450 g/mol. The lowest BCUT2D eigenvalue weighted by atomic mass is 10.1. The third kappa shape index (κ3) is 4.75. The molecule has 0 N–H and O–H groups in total. The molecule has 0 fully saturated rings. The van der Waals surface area contributed by atoms with E-state index in [1.165, 1.54) is 6.08 Å². The fourth-order valence-electron chi connectivity index (χ4n) is 3.77. The van der Waals surface area contributed by atoms with Crippen molar-refractivity contribution in [2.45, 2.75) is 13.8 Å². The van der Waals surface area contributed by atoms with E-state index < -0.39 is 0 Å². The van der Waals surface area contributed by atoms with Gasteiger partial charge in [-0.3, -0.25) is 4.79 Å². The van der Waals surface area contributed by atoms with Crippen molar-refractivity contribution in [1.82, 2.24) is 4.57 Å². The molecule has 6 heteroatoms. The summed E-state index contributed by atoms with van der Waals surface area (Å²) in [5.74, 6) is 0.680. The Labute approximate surface area is 203 Å². The minimum atomic E-state index is -0.351. The molecule has 0 unspecified atom stereocenters.